The van der Waals surface area contributed by atoms with Crippen LogP contribution >= 0.6 is 27.3 Å². The van der Waals surface area contributed by atoms with Crippen LogP contribution in [0.1, 0.15) is 16.9 Å². The Morgan fingerprint density at radius 1 is 1.26 bits per heavy atom. The van der Waals surface area contributed by atoms with E-state index in [1.807, 2.05) is 12.1 Å². The highest BCUT2D eigenvalue weighted by molar-refractivity contribution is 9.10. The van der Waals surface area contributed by atoms with Gasteiger partial charge in [0.15, 0.2) is 10.6 Å². The van der Waals surface area contributed by atoms with Crippen molar-refractivity contribution in [1.82, 2.24) is 14.4 Å². The number of fused-ring (bicyclic) bond motifs is 3. The molecule has 0 saturated heterocycles. The first-order chi connectivity index (χ1) is 14.8. The van der Waals surface area contributed by atoms with Gasteiger partial charge in [-0.2, -0.15) is 0 Å². The van der Waals surface area contributed by atoms with Crippen LogP contribution in [0.2, 0.25) is 0 Å². The molecule has 4 heterocycles. The molecule has 0 saturated carbocycles. The van der Waals surface area contributed by atoms with Crippen LogP contribution in [0.25, 0.3) is 33.5 Å². The largest absolute Gasteiger partial charge is 0.457 e. The molecule has 154 valence electrons. The van der Waals surface area contributed by atoms with E-state index >= 15 is 0 Å². The lowest BCUT2D eigenvalue weighted by Crippen LogP contribution is -2.22. The van der Waals surface area contributed by atoms with E-state index in [4.69, 9.17) is 4.42 Å². The van der Waals surface area contributed by atoms with E-state index in [-0.39, 0.29) is 11.2 Å². The van der Waals surface area contributed by atoms with Crippen molar-refractivity contribution in [1.29, 1.82) is 0 Å². The van der Waals surface area contributed by atoms with Crippen molar-refractivity contribution < 1.29 is 9.34 Å². The summed E-state index contributed by atoms with van der Waals surface area (Å²) in [5, 5.41) is 11.3. The van der Waals surface area contributed by atoms with E-state index in [1.54, 1.807) is 38.3 Å². The van der Waals surface area contributed by atoms with Gasteiger partial charge in [0.25, 0.3) is 11.2 Å². The third kappa shape index (κ3) is 3.24. The summed E-state index contributed by atoms with van der Waals surface area (Å²) in [6.07, 6.45) is 3.27. The SMILES string of the molecule is Cc1cc(-c2ccc(C=c3sc4nc5cc(Br)cnc5n4c3=O)o2)c(C)c([N+](=O)[O-])c1. The molecule has 1 aromatic carbocycles. The lowest BCUT2D eigenvalue weighted by molar-refractivity contribution is -0.385. The fourth-order valence-corrected chi connectivity index (χ4v) is 4.78. The molecule has 0 aliphatic carbocycles. The molecule has 5 aromatic rings. The Morgan fingerprint density at radius 3 is 2.84 bits per heavy atom. The molecule has 4 aromatic heterocycles. The first-order valence-corrected chi connectivity index (χ1v) is 10.8. The van der Waals surface area contributed by atoms with Crippen LogP contribution in [-0.4, -0.2) is 19.3 Å². The maximum absolute atomic E-state index is 12.9. The van der Waals surface area contributed by atoms with Crippen LogP contribution in [0.4, 0.5) is 5.69 Å². The number of halogens is 1. The quantitative estimate of drug-likeness (QED) is 0.271. The molecule has 0 spiro atoms. The lowest BCUT2D eigenvalue weighted by Gasteiger charge is -2.05. The highest BCUT2D eigenvalue weighted by Gasteiger charge is 2.18. The van der Waals surface area contributed by atoms with Gasteiger partial charge in [0, 0.05) is 33.9 Å². The predicted octanol–water partition coefficient (Wildman–Crippen LogP) is 4.40. The molecule has 0 bridgehead atoms. The molecule has 0 N–H and O–H groups in total. The highest BCUT2D eigenvalue weighted by atomic mass is 79.9. The lowest BCUT2D eigenvalue weighted by atomic mass is 10.0. The minimum absolute atomic E-state index is 0.0456. The Bertz CT molecular complexity index is 1630. The average Bonchev–Trinajstić information content (AvgIpc) is 3.39. The number of rotatable bonds is 3. The number of imidazole rings is 1. The number of aromatic nitrogens is 3. The van der Waals surface area contributed by atoms with Crippen molar-refractivity contribution in [3.8, 4) is 11.3 Å². The number of hydrogen-bond acceptors (Lipinski definition) is 7. The molecule has 0 radical (unpaired) electrons. The minimum atomic E-state index is -0.399. The van der Waals surface area contributed by atoms with E-state index in [0.29, 0.717) is 43.3 Å². The van der Waals surface area contributed by atoms with Gasteiger partial charge in [-0.05, 0) is 59.6 Å². The number of thiazole rings is 1. The second kappa shape index (κ2) is 7.10. The van der Waals surface area contributed by atoms with Gasteiger partial charge in [0.1, 0.15) is 21.6 Å². The summed E-state index contributed by atoms with van der Waals surface area (Å²) in [5.41, 5.74) is 2.90. The summed E-state index contributed by atoms with van der Waals surface area (Å²) in [7, 11) is 0. The maximum Gasteiger partial charge on any atom is 0.276 e. The molecule has 10 heteroatoms. The second-order valence-corrected chi connectivity index (χ2v) is 8.98. The Balaban J connectivity index is 1.61. The monoisotopic (exact) mass is 496 g/mol. The van der Waals surface area contributed by atoms with Gasteiger partial charge in [-0.1, -0.05) is 11.3 Å². The van der Waals surface area contributed by atoms with Gasteiger partial charge in [-0.25, -0.2) is 14.4 Å². The Morgan fingerprint density at radius 2 is 2.06 bits per heavy atom. The number of benzene rings is 1. The highest BCUT2D eigenvalue weighted by Crippen LogP contribution is 2.32. The summed E-state index contributed by atoms with van der Waals surface area (Å²) in [6.45, 7) is 3.49. The van der Waals surface area contributed by atoms with Crippen molar-refractivity contribution in [2.75, 3.05) is 0 Å². The van der Waals surface area contributed by atoms with Crippen LogP contribution in [0, 0.1) is 24.0 Å². The van der Waals surface area contributed by atoms with E-state index < -0.39 is 4.92 Å². The van der Waals surface area contributed by atoms with Crippen molar-refractivity contribution in [3.05, 3.63) is 82.9 Å². The first-order valence-electron chi connectivity index (χ1n) is 9.16. The maximum atomic E-state index is 12.9. The Labute approximate surface area is 186 Å². The van der Waals surface area contributed by atoms with E-state index in [1.165, 1.54) is 21.8 Å². The number of nitro benzene ring substituents is 1. The summed E-state index contributed by atoms with van der Waals surface area (Å²) < 4.78 is 8.65. The van der Waals surface area contributed by atoms with Crippen molar-refractivity contribution in [2.24, 2.45) is 0 Å². The molecular weight excluding hydrogens is 484 g/mol. The fourth-order valence-electron chi connectivity index (χ4n) is 3.50. The van der Waals surface area contributed by atoms with Crippen molar-refractivity contribution in [2.45, 2.75) is 13.8 Å². The third-order valence-electron chi connectivity index (χ3n) is 4.94. The third-order valence-corrected chi connectivity index (χ3v) is 6.34. The summed E-state index contributed by atoms with van der Waals surface area (Å²) in [4.78, 5) is 33.2. The van der Waals surface area contributed by atoms with Crippen LogP contribution in [-0.2, 0) is 0 Å². The number of furan rings is 1. The molecule has 0 aliphatic heterocycles. The minimum Gasteiger partial charge on any atom is -0.457 e. The molecule has 0 fully saturated rings. The van der Waals surface area contributed by atoms with Crippen molar-refractivity contribution in [3.63, 3.8) is 0 Å². The standard InChI is InChI=1S/C21H13BrN4O4S/c1-10-5-14(11(2)16(6-10)26(28)29)17-4-3-13(30-17)8-18-20(27)25-19-15(24-21(25)31-18)7-12(22)9-23-19/h3-9H,1-2H3. The first kappa shape index (κ1) is 19.6. The number of nitrogens with zero attached hydrogens (tertiary/aromatic N) is 4. The number of aryl methyl sites for hydroxylation is 1. The van der Waals surface area contributed by atoms with E-state index in [9.17, 15) is 14.9 Å². The molecule has 0 aliphatic rings. The zero-order valence-electron chi connectivity index (χ0n) is 16.2. The van der Waals surface area contributed by atoms with Gasteiger partial charge in [0.2, 0.25) is 0 Å². The normalized spacial score (nSPS) is 12.3. The average molecular weight is 497 g/mol. The molecule has 31 heavy (non-hydrogen) atoms. The van der Waals surface area contributed by atoms with Gasteiger partial charge in [-0.3, -0.25) is 14.9 Å². The summed E-state index contributed by atoms with van der Waals surface area (Å²) in [6, 6.07) is 8.68. The Kier molecular flexibility index (Phi) is 4.49. The molecular formula is C21H13BrN4O4S. The van der Waals surface area contributed by atoms with Crippen LogP contribution < -0.4 is 10.1 Å². The van der Waals surface area contributed by atoms with Crippen LogP contribution in [0.3, 0.4) is 0 Å². The topological polar surface area (TPSA) is 104 Å². The van der Waals surface area contributed by atoms with Crippen LogP contribution in [0.15, 0.2) is 50.2 Å². The molecule has 0 unspecified atom stereocenters. The van der Waals surface area contributed by atoms with Gasteiger partial charge in [-0.15, -0.1) is 0 Å². The van der Waals surface area contributed by atoms with Gasteiger partial charge < -0.3 is 4.42 Å². The van der Waals surface area contributed by atoms with E-state index in [0.717, 1.165) is 10.0 Å². The summed E-state index contributed by atoms with van der Waals surface area (Å²) in [5.74, 6) is 0.974. The zero-order chi connectivity index (χ0) is 21.9. The fraction of sp³-hybridized carbons (Fsp3) is 0.0952. The molecule has 8 nitrogen and oxygen atoms in total. The Hall–Kier alpha value is -3.37. The van der Waals surface area contributed by atoms with Gasteiger partial charge in [0.05, 0.1) is 4.92 Å². The molecule has 5 rings (SSSR count). The number of nitro groups is 1. The molecule has 0 amide bonds. The summed E-state index contributed by atoms with van der Waals surface area (Å²) >= 11 is 4.60. The van der Waals surface area contributed by atoms with Crippen LogP contribution in [0.5, 0.6) is 0 Å². The smallest absolute Gasteiger partial charge is 0.276 e. The zero-order valence-corrected chi connectivity index (χ0v) is 18.7. The van der Waals surface area contributed by atoms with Gasteiger partial charge >= 0.3 is 0 Å². The predicted molar refractivity (Wildman–Crippen MR) is 121 cm³/mol. The second-order valence-electron chi connectivity index (χ2n) is 7.06. The number of pyridine rings is 1. The van der Waals surface area contributed by atoms with E-state index in [2.05, 4.69) is 25.9 Å². The van der Waals surface area contributed by atoms with Crippen molar-refractivity contribution >= 4 is 55.2 Å². The molecule has 0 atom stereocenters. The number of hydrogen-bond donors (Lipinski definition) is 0.